The van der Waals surface area contributed by atoms with Crippen molar-refractivity contribution in [3.63, 3.8) is 0 Å². The van der Waals surface area contributed by atoms with E-state index in [0.717, 1.165) is 28.5 Å². The number of carbonyl (C=O) groups is 1. The van der Waals surface area contributed by atoms with Crippen molar-refractivity contribution in [3.8, 4) is 5.75 Å². The van der Waals surface area contributed by atoms with Crippen LogP contribution in [-0.4, -0.2) is 11.1 Å². The van der Waals surface area contributed by atoms with E-state index in [1.54, 1.807) is 6.08 Å². The summed E-state index contributed by atoms with van der Waals surface area (Å²) < 4.78 is 5.84. The van der Waals surface area contributed by atoms with E-state index in [9.17, 15) is 4.79 Å². The van der Waals surface area contributed by atoms with Crippen molar-refractivity contribution in [2.24, 2.45) is 0 Å². The summed E-state index contributed by atoms with van der Waals surface area (Å²) in [6.07, 6.45) is 2.70. The third-order valence-corrected chi connectivity index (χ3v) is 3.32. The van der Waals surface area contributed by atoms with Crippen molar-refractivity contribution in [1.82, 2.24) is 0 Å². The van der Waals surface area contributed by atoms with Crippen LogP contribution >= 0.6 is 0 Å². The molecule has 0 aromatic heterocycles. The van der Waals surface area contributed by atoms with Crippen molar-refractivity contribution in [2.45, 2.75) is 20.5 Å². The van der Waals surface area contributed by atoms with Gasteiger partial charge in [-0.2, -0.15) is 0 Å². The van der Waals surface area contributed by atoms with Gasteiger partial charge in [0, 0.05) is 6.08 Å². The molecule has 0 fully saturated rings. The second kappa shape index (κ2) is 6.75. The zero-order valence-corrected chi connectivity index (χ0v) is 12.2. The first kappa shape index (κ1) is 14.9. The van der Waals surface area contributed by atoms with Gasteiger partial charge in [-0.05, 0) is 54.3 Å². The van der Waals surface area contributed by atoms with Crippen LogP contribution in [0.1, 0.15) is 22.3 Å². The topological polar surface area (TPSA) is 46.5 Å². The molecule has 0 aliphatic rings. The predicted molar refractivity (Wildman–Crippen MR) is 83.4 cm³/mol. The van der Waals surface area contributed by atoms with Gasteiger partial charge in [0.15, 0.2) is 0 Å². The lowest BCUT2D eigenvalue weighted by Gasteiger charge is -2.11. The molecule has 0 saturated heterocycles. The van der Waals surface area contributed by atoms with E-state index in [1.165, 1.54) is 5.56 Å². The van der Waals surface area contributed by atoms with E-state index < -0.39 is 5.97 Å². The summed E-state index contributed by atoms with van der Waals surface area (Å²) in [5.74, 6) is -0.0754. The molecule has 0 aliphatic heterocycles. The van der Waals surface area contributed by atoms with Crippen LogP contribution in [0.5, 0.6) is 5.75 Å². The summed E-state index contributed by atoms with van der Waals surface area (Å²) in [4.78, 5) is 10.5. The van der Waals surface area contributed by atoms with Crippen LogP contribution in [0.2, 0.25) is 0 Å². The van der Waals surface area contributed by atoms with Gasteiger partial charge in [0.2, 0.25) is 0 Å². The van der Waals surface area contributed by atoms with Crippen molar-refractivity contribution in [2.75, 3.05) is 0 Å². The minimum atomic E-state index is -0.952. The Morgan fingerprint density at radius 1 is 1.19 bits per heavy atom. The molecular formula is C18H18O3. The molecular weight excluding hydrogens is 264 g/mol. The Balaban J connectivity index is 2.08. The quantitative estimate of drug-likeness (QED) is 0.844. The predicted octanol–water partition coefficient (Wildman–Crippen LogP) is 3.98. The highest BCUT2D eigenvalue weighted by Crippen LogP contribution is 2.21. The van der Waals surface area contributed by atoms with Crippen molar-refractivity contribution < 1.29 is 14.6 Å². The molecule has 0 unspecified atom stereocenters. The molecule has 3 heteroatoms. The van der Waals surface area contributed by atoms with Gasteiger partial charge in [-0.15, -0.1) is 0 Å². The summed E-state index contributed by atoms with van der Waals surface area (Å²) in [5, 5.41) is 8.64. The molecule has 1 N–H and O–H groups in total. The van der Waals surface area contributed by atoms with Crippen LogP contribution in [-0.2, 0) is 11.4 Å². The lowest BCUT2D eigenvalue weighted by atomic mass is 10.1. The average molecular weight is 282 g/mol. The molecule has 108 valence electrons. The van der Waals surface area contributed by atoms with E-state index in [-0.39, 0.29) is 0 Å². The van der Waals surface area contributed by atoms with Gasteiger partial charge >= 0.3 is 5.97 Å². The molecule has 0 spiro atoms. The smallest absolute Gasteiger partial charge is 0.328 e. The second-order valence-corrected chi connectivity index (χ2v) is 4.90. The van der Waals surface area contributed by atoms with Gasteiger partial charge in [0.25, 0.3) is 0 Å². The van der Waals surface area contributed by atoms with Gasteiger partial charge in [0.1, 0.15) is 12.4 Å². The van der Waals surface area contributed by atoms with Gasteiger partial charge in [-0.25, -0.2) is 4.79 Å². The van der Waals surface area contributed by atoms with Crippen LogP contribution in [0.3, 0.4) is 0 Å². The number of carboxylic acids is 1. The monoisotopic (exact) mass is 282 g/mol. The molecule has 0 radical (unpaired) electrons. The summed E-state index contributed by atoms with van der Waals surface area (Å²) in [6.45, 7) is 4.55. The maximum atomic E-state index is 10.5. The number of hydrogen-bond acceptors (Lipinski definition) is 2. The molecule has 2 aromatic rings. The molecule has 0 heterocycles. The number of aryl methyl sites for hydroxylation is 1. The number of ether oxygens (including phenoxy) is 1. The zero-order chi connectivity index (χ0) is 15.2. The van der Waals surface area contributed by atoms with Crippen molar-refractivity contribution >= 4 is 12.0 Å². The standard InChI is InChI=1S/C18H18O3/c1-13-5-3-8-17(14(13)2)21-12-16-7-4-6-15(11-16)9-10-18(19)20/h3-11H,12H2,1-2H3,(H,19,20). The lowest BCUT2D eigenvalue weighted by molar-refractivity contribution is -0.131. The summed E-state index contributed by atoms with van der Waals surface area (Å²) >= 11 is 0. The molecule has 3 nitrogen and oxygen atoms in total. The second-order valence-electron chi connectivity index (χ2n) is 4.90. The largest absolute Gasteiger partial charge is 0.489 e. The zero-order valence-electron chi connectivity index (χ0n) is 12.2. The van der Waals surface area contributed by atoms with E-state index >= 15 is 0 Å². The van der Waals surface area contributed by atoms with Crippen LogP contribution in [0.15, 0.2) is 48.5 Å². The SMILES string of the molecule is Cc1cccc(OCc2cccc(C=CC(=O)O)c2)c1C. The summed E-state index contributed by atoms with van der Waals surface area (Å²) in [7, 11) is 0. The minimum absolute atomic E-state index is 0.457. The number of aliphatic carboxylic acids is 1. The Morgan fingerprint density at radius 3 is 2.71 bits per heavy atom. The van der Waals surface area contributed by atoms with E-state index in [0.29, 0.717) is 6.61 Å². The Morgan fingerprint density at radius 2 is 1.95 bits per heavy atom. The van der Waals surface area contributed by atoms with Crippen molar-refractivity contribution in [3.05, 3.63) is 70.8 Å². The molecule has 0 atom stereocenters. The van der Waals surface area contributed by atoms with Gasteiger partial charge in [-0.1, -0.05) is 30.3 Å². The minimum Gasteiger partial charge on any atom is -0.489 e. The Bertz CT molecular complexity index is 672. The average Bonchev–Trinajstić information content (AvgIpc) is 2.47. The number of hydrogen-bond donors (Lipinski definition) is 1. The first-order chi connectivity index (χ1) is 10.1. The van der Waals surface area contributed by atoms with Crippen molar-refractivity contribution in [1.29, 1.82) is 0 Å². The summed E-state index contributed by atoms with van der Waals surface area (Å²) in [6, 6.07) is 13.6. The maximum absolute atomic E-state index is 10.5. The van der Waals surface area contributed by atoms with Crippen LogP contribution in [0, 0.1) is 13.8 Å². The van der Waals surface area contributed by atoms with Crippen LogP contribution in [0.25, 0.3) is 6.08 Å². The number of carboxylic acid groups (broad SMARTS) is 1. The maximum Gasteiger partial charge on any atom is 0.328 e. The Hall–Kier alpha value is -2.55. The molecule has 0 bridgehead atoms. The van der Waals surface area contributed by atoms with E-state index in [1.807, 2.05) is 43.3 Å². The molecule has 2 aromatic carbocycles. The fourth-order valence-corrected chi connectivity index (χ4v) is 2.00. The fraction of sp³-hybridized carbons (Fsp3) is 0.167. The number of benzene rings is 2. The van der Waals surface area contributed by atoms with Crippen LogP contribution < -0.4 is 4.74 Å². The lowest BCUT2D eigenvalue weighted by Crippen LogP contribution is -1.98. The van der Waals surface area contributed by atoms with E-state index in [4.69, 9.17) is 9.84 Å². The van der Waals surface area contributed by atoms with E-state index in [2.05, 4.69) is 13.0 Å². The highest BCUT2D eigenvalue weighted by Gasteiger charge is 2.02. The highest BCUT2D eigenvalue weighted by molar-refractivity contribution is 5.85. The third kappa shape index (κ3) is 4.21. The molecule has 21 heavy (non-hydrogen) atoms. The summed E-state index contributed by atoms with van der Waals surface area (Å²) in [5.41, 5.74) is 4.19. The van der Waals surface area contributed by atoms with Gasteiger partial charge in [0.05, 0.1) is 0 Å². The molecule has 2 rings (SSSR count). The fourth-order valence-electron chi connectivity index (χ4n) is 2.00. The molecule has 0 aliphatic carbocycles. The molecule has 0 saturated carbocycles. The first-order valence-electron chi connectivity index (χ1n) is 6.75. The highest BCUT2D eigenvalue weighted by atomic mass is 16.5. The van der Waals surface area contributed by atoms with Gasteiger partial charge in [-0.3, -0.25) is 0 Å². The molecule has 0 amide bonds. The Kier molecular flexibility index (Phi) is 4.77. The normalized spacial score (nSPS) is 10.8. The van der Waals surface area contributed by atoms with Gasteiger partial charge < -0.3 is 9.84 Å². The Labute approximate surface area is 124 Å². The first-order valence-corrected chi connectivity index (χ1v) is 6.75. The third-order valence-electron chi connectivity index (χ3n) is 3.32. The number of rotatable bonds is 5. The van der Waals surface area contributed by atoms with Crippen LogP contribution in [0.4, 0.5) is 0 Å².